The van der Waals surface area contributed by atoms with Gasteiger partial charge in [0.15, 0.2) is 0 Å². The summed E-state index contributed by atoms with van der Waals surface area (Å²) in [5.74, 6) is 0. The maximum absolute atomic E-state index is 2.40. The van der Waals surface area contributed by atoms with E-state index in [0.717, 1.165) is 0 Å². The molecular formula is C25H15NS2. The van der Waals surface area contributed by atoms with Crippen molar-refractivity contribution in [1.29, 1.82) is 0 Å². The molecule has 0 fully saturated rings. The molecule has 0 radical (unpaired) electrons. The van der Waals surface area contributed by atoms with E-state index in [1.807, 2.05) is 22.7 Å². The molecule has 0 N–H and O–H groups in total. The first-order valence-electron chi connectivity index (χ1n) is 9.43. The van der Waals surface area contributed by atoms with Gasteiger partial charge in [-0.15, -0.1) is 22.7 Å². The average molecular weight is 394 g/mol. The van der Waals surface area contributed by atoms with Crippen molar-refractivity contribution in [2.75, 3.05) is 0 Å². The summed E-state index contributed by atoms with van der Waals surface area (Å²) in [6.07, 6.45) is 0. The van der Waals surface area contributed by atoms with Crippen LogP contribution in [-0.2, 0) is 7.05 Å². The van der Waals surface area contributed by atoms with E-state index in [1.165, 1.54) is 62.2 Å². The Kier molecular flexibility index (Phi) is 2.77. The third kappa shape index (κ3) is 1.81. The Labute approximate surface area is 169 Å². The standard InChI is InChI=1S/C25H15NS2/c1-26-20-10-18-14-6-2-4-8-22(14)27-24(18)12-16(20)17-13-25-19(11-21(17)26)15-7-3-5-9-23(15)28-25/h2-13H,1H3. The summed E-state index contributed by atoms with van der Waals surface area (Å²) in [5.41, 5.74) is 2.63. The van der Waals surface area contributed by atoms with Crippen LogP contribution >= 0.6 is 22.7 Å². The summed E-state index contributed by atoms with van der Waals surface area (Å²) in [6.45, 7) is 0. The first kappa shape index (κ1) is 15.1. The molecule has 132 valence electrons. The van der Waals surface area contributed by atoms with Crippen LogP contribution in [0.1, 0.15) is 0 Å². The smallest absolute Gasteiger partial charge is 0.0495 e. The second-order valence-corrected chi connectivity index (χ2v) is 9.65. The molecule has 0 atom stereocenters. The minimum atomic E-state index is 1.31. The van der Waals surface area contributed by atoms with Crippen molar-refractivity contribution in [2.24, 2.45) is 7.05 Å². The lowest BCUT2D eigenvalue weighted by molar-refractivity contribution is 1.02. The summed E-state index contributed by atoms with van der Waals surface area (Å²) in [5, 5.41) is 8.17. The van der Waals surface area contributed by atoms with Crippen molar-refractivity contribution in [1.82, 2.24) is 4.57 Å². The summed E-state index contributed by atoms with van der Waals surface area (Å²) < 4.78 is 7.84. The number of rotatable bonds is 0. The SMILES string of the molecule is Cn1c2cc3c(cc2c2cc4sc5ccccc5c4cc21)sc1ccccc13. The quantitative estimate of drug-likeness (QED) is 0.245. The molecule has 7 aromatic rings. The minimum absolute atomic E-state index is 1.31. The van der Waals surface area contributed by atoms with E-state index < -0.39 is 0 Å². The Balaban J connectivity index is 1.68. The summed E-state index contributed by atoms with van der Waals surface area (Å²) >= 11 is 3.79. The topological polar surface area (TPSA) is 4.93 Å². The molecule has 4 aromatic carbocycles. The Bertz CT molecular complexity index is 1600. The van der Waals surface area contributed by atoms with Crippen LogP contribution in [0.15, 0.2) is 72.8 Å². The predicted molar refractivity (Wildman–Crippen MR) is 126 cm³/mol. The van der Waals surface area contributed by atoms with Crippen LogP contribution in [-0.4, -0.2) is 4.57 Å². The molecule has 0 aliphatic carbocycles. The fourth-order valence-corrected chi connectivity index (χ4v) is 6.89. The van der Waals surface area contributed by atoms with Crippen molar-refractivity contribution in [3.05, 3.63) is 72.8 Å². The molecule has 1 nitrogen and oxygen atoms in total. The van der Waals surface area contributed by atoms with Gasteiger partial charge < -0.3 is 4.57 Å². The van der Waals surface area contributed by atoms with Gasteiger partial charge in [0.25, 0.3) is 0 Å². The molecule has 0 spiro atoms. The van der Waals surface area contributed by atoms with Gasteiger partial charge in [-0.3, -0.25) is 0 Å². The van der Waals surface area contributed by atoms with Gasteiger partial charge in [0, 0.05) is 69.2 Å². The molecule has 0 bridgehead atoms. The lowest BCUT2D eigenvalue weighted by Crippen LogP contribution is -1.86. The molecular weight excluding hydrogens is 378 g/mol. The van der Waals surface area contributed by atoms with Gasteiger partial charge >= 0.3 is 0 Å². The van der Waals surface area contributed by atoms with Crippen LogP contribution in [0.2, 0.25) is 0 Å². The Morgan fingerprint density at radius 2 is 0.964 bits per heavy atom. The van der Waals surface area contributed by atoms with Crippen molar-refractivity contribution in [3.63, 3.8) is 0 Å². The van der Waals surface area contributed by atoms with E-state index in [0.29, 0.717) is 0 Å². The summed E-state index contributed by atoms with van der Waals surface area (Å²) in [4.78, 5) is 0. The number of nitrogens with zero attached hydrogens (tertiary/aromatic N) is 1. The van der Waals surface area contributed by atoms with Gasteiger partial charge in [-0.05, 0) is 36.4 Å². The number of thiophene rings is 2. The number of aromatic nitrogens is 1. The van der Waals surface area contributed by atoms with Crippen LogP contribution in [0.3, 0.4) is 0 Å². The lowest BCUT2D eigenvalue weighted by atomic mass is 10.1. The van der Waals surface area contributed by atoms with Crippen LogP contribution in [0, 0.1) is 0 Å². The van der Waals surface area contributed by atoms with Crippen molar-refractivity contribution in [3.8, 4) is 0 Å². The van der Waals surface area contributed by atoms with Crippen LogP contribution in [0.5, 0.6) is 0 Å². The van der Waals surface area contributed by atoms with E-state index in [4.69, 9.17) is 0 Å². The molecule has 3 heteroatoms. The highest BCUT2D eigenvalue weighted by molar-refractivity contribution is 7.26. The van der Waals surface area contributed by atoms with E-state index >= 15 is 0 Å². The summed E-state index contributed by atoms with van der Waals surface area (Å²) in [6, 6.07) is 27.0. The predicted octanol–water partition coefficient (Wildman–Crippen LogP) is 8.07. The van der Waals surface area contributed by atoms with E-state index in [1.54, 1.807) is 0 Å². The zero-order chi connectivity index (χ0) is 18.4. The Morgan fingerprint density at radius 3 is 1.46 bits per heavy atom. The molecule has 0 aliphatic heterocycles. The van der Waals surface area contributed by atoms with Crippen molar-refractivity contribution >= 4 is 84.8 Å². The Hall–Kier alpha value is -2.88. The number of aryl methyl sites for hydroxylation is 1. The number of fused-ring (bicyclic) bond motifs is 9. The lowest BCUT2D eigenvalue weighted by Gasteiger charge is -1.99. The zero-order valence-electron chi connectivity index (χ0n) is 15.2. The van der Waals surface area contributed by atoms with Crippen LogP contribution in [0.4, 0.5) is 0 Å². The summed E-state index contributed by atoms with van der Waals surface area (Å²) in [7, 11) is 2.20. The molecule has 0 aliphatic rings. The highest BCUT2D eigenvalue weighted by atomic mass is 32.1. The van der Waals surface area contributed by atoms with Crippen molar-refractivity contribution < 1.29 is 0 Å². The largest absolute Gasteiger partial charge is 0.344 e. The molecule has 7 rings (SSSR count). The maximum Gasteiger partial charge on any atom is 0.0495 e. The van der Waals surface area contributed by atoms with E-state index in [9.17, 15) is 0 Å². The third-order valence-corrected chi connectivity index (χ3v) is 8.27. The molecule has 3 aromatic heterocycles. The number of benzene rings is 4. The first-order chi connectivity index (χ1) is 13.8. The number of hydrogen-bond acceptors (Lipinski definition) is 2. The Morgan fingerprint density at radius 1 is 0.500 bits per heavy atom. The molecule has 0 amide bonds. The normalized spacial score (nSPS) is 12.5. The average Bonchev–Trinajstić information content (AvgIpc) is 3.35. The van der Waals surface area contributed by atoms with Gasteiger partial charge in [-0.1, -0.05) is 36.4 Å². The highest BCUT2D eigenvalue weighted by Crippen LogP contribution is 2.42. The first-order valence-corrected chi connectivity index (χ1v) is 11.1. The number of hydrogen-bond donors (Lipinski definition) is 0. The second kappa shape index (κ2) is 5.13. The van der Waals surface area contributed by atoms with Gasteiger partial charge in [0.2, 0.25) is 0 Å². The monoisotopic (exact) mass is 393 g/mol. The van der Waals surface area contributed by atoms with E-state index in [2.05, 4.69) is 84.4 Å². The van der Waals surface area contributed by atoms with E-state index in [-0.39, 0.29) is 0 Å². The molecule has 3 heterocycles. The van der Waals surface area contributed by atoms with Crippen LogP contribution < -0.4 is 0 Å². The molecule has 28 heavy (non-hydrogen) atoms. The second-order valence-electron chi connectivity index (χ2n) is 7.49. The van der Waals surface area contributed by atoms with Gasteiger partial charge in [-0.25, -0.2) is 0 Å². The minimum Gasteiger partial charge on any atom is -0.344 e. The van der Waals surface area contributed by atoms with Gasteiger partial charge in [0.05, 0.1) is 0 Å². The van der Waals surface area contributed by atoms with Gasteiger partial charge in [-0.2, -0.15) is 0 Å². The van der Waals surface area contributed by atoms with Crippen molar-refractivity contribution in [2.45, 2.75) is 0 Å². The third-order valence-electron chi connectivity index (χ3n) is 6.00. The molecule has 0 unspecified atom stereocenters. The van der Waals surface area contributed by atoms with Crippen LogP contribution in [0.25, 0.3) is 62.2 Å². The molecule has 0 saturated carbocycles. The fourth-order valence-electron chi connectivity index (χ4n) is 4.64. The maximum atomic E-state index is 2.40. The fraction of sp³-hybridized carbons (Fsp3) is 0.0400. The highest BCUT2D eigenvalue weighted by Gasteiger charge is 2.15. The molecule has 0 saturated heterocycles. The zero-order valence-corrected chi connectivity index (χ0v) is 16.8. The van der Waals surface area contributed by atoms with Gasteiger partial charge in [0.1, 0.15) is 0 Å².